The Morgan fingerprint density at radius 2 is 1.85 bits per heavy atom. The summed E-state index contributed by atoms with van der Waals surface area (Å²) in [5.41, 5.74) is 2.77. The van der Waals surface area contributed by atoms with E-state index >= 15 is 0 Å². The van der Waals surface area contributed by atoms with E-state index in [1.54, 1.807) is 6.07 Å². The van der Waals surface area contributed by atoms with Gasteiger partial charge in [0, 0.05) is 10.9 Å². The zero-order chi connectivity index (χ0) is 17.8. The highest BCUT2D eigenvalue weighted by molar-refractivity contribution is 6.31. The summed E-state index contributed by atoms with van der Waals surface area (Å²) in [5, 5.41) is 6.71. The number of nitrogens with one attached hydrogen (secondary N) is 2. The normalized spacial score (nSPS) is 15.8. The Balaban J connectivity index is 0.00000243. The van der Waals surface area contributed by atoms with Crippen LogP contribution in [-0.2, 0) is 4.79 Å². The molecule has 2 aromatic rings. The first-order valence-corrected chi connectivity index (χ1v) is 8.95. The minimum absolute atomic E-state index is 0. The summed E-state index contributed by atoms with van der Waals surface area (Å²) in [7, 11) is 0. The number of halogens is 3. The van der Waals surface area contributed by atoms with Gasteiger partial charge < -0.3 is 10.6 Å². The number of carbonyl (C=O) groups is 1. The maximum absolute atomic E-state index is 13.4. The van der Waals surface area contributed by atoms with Gasteiger partial charge in [0.25, 0.3) is 0 Å². The third-order valence-electron chi connectivity index (χ3n) is 4.68. The largest absolute Gasteiger partial charge is 0.345 e. The molecule has 1 fully saturated rings. The number of benzene rings is 2. The quantitative estimate of drug-likeness (QED) is 0.802. The zero-order valence-electron chi connectivity index (χ0n) is 14.6. The molecule has 1 unspecified atom stereocenters. The number of hydrogen-bond acceptors (Lipinski definition) is 2. The van der Waals surface area contributed by atoms with Gasteiger partial charge in [-0.2, -0.15) is 0 Å². The number of hydrogen-bond donors (Lipinski definition) is 2. The molecule has 1 aliphatic heterocycles. The van der Waals surface area contributed by atoms with Crippen molar-refractivity contribution in [1.82, 2.24) is 10.6 Å². The minimum Gasteiger partial charge on any atom is -0.345 e. The molecule has 3 rings (SSSR count). The van der Waals surface area contributed by atoms with Crippen LogP contribution in [0.5, 0.6) is 0 Å². The molecule has 3 nitrogen and oxygen atoms in total. The molecule has 6 heteroatoms. The van der Waals surface area contributed by atoms with Crippen LogP contribution in [0.1, 0.15) is 35.6 Å². The van der Waals surface area contributed by atoms with E-state index in [0.29, 0.717) is 10.6 Å². The molecule has 0 aliphatic carbocycles. The number of rotatable bonds is 4. The molecular formula is C20H23Cl2FN2O. The second-order valence-electron chi connectivity index (χ2n) is 6.54. The van der Waals surface area contributed by atoms with Crippen LogP contribution in [0.15, 0.2) is 42.5 Å². The van der Waals surface area contributed by atoms with Crippen molar-refractivity contribution in [2.45, 2.75) is 25.8 Å². The molecule has 140 valence electrons. The predicted octanol–water partition coefficient (Wildman–Crippen LogP) is 4.41. The van der Waals surface area contributed by atoms with Crippen molar-refractivity contribution in [3.63, 3.8) is 0 Å². The summed E-state index contributed by atoms with van der Waals surface area (Å²) >= 11 is 6.27. The highest BCUT2D eigenvalue weighted by Crippen LogP contribution is 2.30. The fourth-order valence-corrected chi connectivity index (χ4v) is 3.46. The summed E-state index contributed by atoms with van der Waals surface area (Å²) in [6.07, 6.45) is 1.65. The molecule has 2 N–H and O–H groups in total. The summed E-state index contributed by atoms with van der Waals surface area (Å²) in [6, 6.07) is 11.9. The highest BCUT2D eigenvalue weighted by Gasteiger charge is 2.26. The van der Waals surface area contributed by atoms with Gasteiger partial charge in [-0.05, 0) is 56.1 Å². The molecule has 0 spiro atoms. The van der Waals surface area contributed by atoms with Crippen molar-refractivity contribution in [1.29, 1.82) is 0 Å². The lowest BCUT2D eigenvalue weighted by Gasteiger charge is -2.26. The standard InChI is InChI=1S/C20H22ClFN2O.ClH/c1-13-2-4-14(5-3-13)19(17-7-6-16(22)12-18(17)21)24-20(25)15-8-10-23-11-9-15;/h2-7,12,15,19,23H,8-11H2,1H3,(H,24,25);1H. The van der Waals surface area contributed by atoms with Crippen molar-refractivity contribution in [3.8, 4) is 0 Å². The molecular weight excluding hydrogens is 374 g/mol. The van der Waals surface area contributed by atoms with E-state index in [9.17, 15) is 9.18 Å². The van der Waals surface area contributed by atoms with Gasteiger partial charge in [0.05, 0.1) is 6.04 Å². The molecule has 1 amide bonds. The molecule has 0 bridgehead atoms. The van der Waals surface area contributed by atoms with E-state index in [1.807, 2.05) is 31.2 Å². The Bertz CT molecular complexity index is 746. The number of piperidine rings is 1. The molecule has 1 atom stereocenters. The lowest BCUT2D eigenvalue weighted by molar-refractivity contribution is -0.126. The smallest absolute Gasteiger partial charge is 0.223 e. The van der Waals surface area contributed by atoms with Gasteiger partial charge in [0.1, 0.15) is 5.82 Å². The van der Waals surface area contributed by atoms with E-state index in [1.165, 1.54) is 12.1 Å². The average Bonchev–Trinajstić information content (AvgIpc) is 2.62. The average molecular weight is 397 g/mol. The van der Waals surface area contributed by atoms with Crippen molar-refractivity contribution in [2.24, 2.45) is 5.92 Å². The fraction of sp³-hybridized carbons (Fsp3) is 0.350. The van der Waals surface area contributed by atoms with Crippen LogP contribution in [0.2, 0.25) is 5.02 Å². The highest BCUT2D eigenvalue weighted by atomic mass is 35.5. The molecule has 2 aromatic carbocycles. The van der Waals surface area contributed by atoms with Crippen LogP contribution >= 0.6 is 24.0 Å². The van der Waals surface area contributed by atoms with Crippen LogP contribution in [0, 0.1) is 18.7 Å². The van der Waals surface area contributed by atoms with E-state index < -0.39 is 6.04 Å². The molecule has 0 saturated carbocycles. The van der Waals surface area contributed by atoms with Crippen LogP contribution < -0.4 is 10.6 Å². The molecule has 0 radical (unpaired) electrons. The third-order valence-corrected chi connectivity index (χ3v) is 5.01. The topological polar surface area (TPSA) is 41.1 Å². The number of carbonyl (C=O) groups excluding carboxylic acids is 1. The Kier molecular flexibility index (Phi) is 7.44. The predicted molar refractivity (Wildman–Crippen MR) is 105 cm³/mol. The third kappa shape index (κ3) is 4.97. The number of amides is 1. The van der Waals surface area contributed by atoms with Gasteiger partial charge in [-0.25, -0.2) is 4.39 Å². The van der Waals surface area contributed by atoms with Crippen molar-refractivity contribution in [2.75, 3.05) is 13.1 Å². The lowest BCUT2D eigenvalue weighted by Crippen LogP contribution is -2.40. The van der Waals surface area contributed by atoms with Gasteiger partial charge in [-0.3, -0.25) is 4.79 Å². The second kappa shape index (κ2) is 9.36. The second-order valence-corrected chi connectivity index (χ2v) is 6.95. The van der Waals surface area contributed by atoms with E-state index in [0.717, 1.165) is 37.1 Å². The molecule has 26 heavy (non-hydrogen) atoms. The summed E-state index contributed by atoms with van der Waals surface area (Å²) < 4.78 is 13.4. The summed E-state index contributed by atoms with van der Waals surface area (Å²) in [6.45, 7) is 3.71. The van der Waals surface area contributed by atoms with Crippen LogP contribution in [-0.4, -0.2) is 19.0 Å². The van der Waals surface area contributed by atoms with Gasteiger partial charge in [-0.15, -0.1) is 12.4 Å². The van der Waals surface area contributed by atoms with Crippen molar-refractivity contribution >= 4 is 29.9 Å². The lowest BCUT2D eigenvalue weighted by atomic mass is 9.94. The van der Waals surface area contributed by atoms with E-state index in [2.05, 4.69) is 10.6 Å². The van der Waals surface area contributed by atoms with Crippen molar-refractivity contribution < 1.29 is 9.18 Å². The van der Waals surface area contributed by atoms with E-state index in [-0.39, 0.29) is 30.0 Å². The first-order chi connectivity index (χ1) is 12.0. The van der Waals surface area contributed by atoms with Gasteiger partial charge in [0.2, 0.25) is 5.91 Å². The van der Waals surface area contributed by atoms with Gasteiger partial charge >= 0.3 is 0 Å². The summed E-state index contributed by atoms with van der Waals surface area (Å²) in [5.74, 6) is -0.373. The maximum atomic E-state index is 13.4. The van der Waals surface area contributed by atoms with Crippen LogP contribution in [0.4, 0.5) is 4.39 Å². The maximum Gasteiger partial charge on any atom is 0.223 e. The molecule has 1 heterocycles. The Hall–Kier alpha value is -1.62. The first kappa shape index (κ1) is 20.7. The van der Waals surface area contributed by atoms with Gasteiger partial charge in [0.15, 0.2) is 0 Å². The minimum atomic E-state index is -0.393. The fourth-order valence-electron chi connectivity index (χ4n) is 3.18. The summed E-state index contributed by atoms with van der Waals surface area (Å²) in [4.78, 5) is 12.7. The number of aryl methyl sites for hydroxylation is 1. The molecule has 1 saturated heterocycles. The Morgan fingerprint density at radius 1 is 1.19 bits per heavy atom. The molecule has 1 aliphatic rings. The SMILES string of the molecule is Cc1ccc(C(NC(=O)C2CCNCC2)c2ccc(F)cc2Cl)cc1.Cl. The Labute approximate surface area is 164 Å². The van der Waals surface area contributed by atoms with Crippen molar-refractivity contribution in [3.05, 3.63) is 70.0 Å². The van der Waals surface area contributed by atoms with E-state index in [4.69, 9.17) is 11.6 Å². The zero-order valence-corrected chi connectivity index (χ0v) is 16.2. The van der Waals surface area contributed by atoms with Crippen LogP contribution in [0.3, 0.4) is 0 Å². The first-order valence-electron chi connectivity index (χ1n) is 8.57. The molecule has 0 aromatic heterocycles. The van der Waals surface area contributed by atoms with Crippen LogP contribution in [0.25, 0.3) is 0 Å². The monoisotopic (exact) mass is 396 g/mol. The Morgan fingerprint density at radius 3 is 2.46 bits per heavy atom. The van der Waals surface area contributed by atoms with Gasteiger partial charge in [-0.1, -0.05) is 47.5 Å².